The summed E-state index contributed by atoms with van der Waals surface area (Å²) in [6.07, 6.45) is 3.49. The summed E-state index contributed by atoms with van der Waals surface area (Å²) in [6.45, 7) is 0.277. The summed E-state index contributed by atoms with van der Waals surface area (Å²) in [7, 11) is 0. The fraction of sp³-hybridized carbons (Fsp3) is 0.0556. The number of esters is 1. The van der Waals surface area contributed by atoms with Crippen LogP contribution < -0.4 is 0 Å². The molecule has 0 fully saturated rings. The fourth-order valence-electron chi connectivity index (χ4n) is 2.19. The highest BCUT2D eigenvalue weighted by Gasteiger charge is 2.15. The van der Waals surface area contributed by atoms with Crippen LogP contribution in [-0.4, -0.2) is 11.0 Å². The van der Waals surface area contributed by atoms with E-state index in [4.69, 9.17) is 4.74 Å². The van der Waals surface area contributed by atoms with E-state index in [0.29, 0.717) is 5.56 Å². The molecule has 21 heavy (non-hydrogen) atoms. The lowest BCUT2D eigenvalue weighted by Crippen LogP contribution is -2.05. The van der Waals surface area contributed by atoms with E-state index in [1.54, 1.807) is 6.20 Å². The van der Waals surface area contributed by atoms with Crippen molar-refractivity contribution in [3.05, 3.63) is 84.2 Å². The van der Waals surface area contributed by atoms with Crippen molar-refractivity contribution in [1.82, 2.24) is 4.98 Å². The van der Waals surface area contributed by atoms with Gasteiger partial charge in [-0.1, -0.05) is 60.7 Å². The standard InChI is InChI=1S/C18H15NO2/c20-18(21-13-14-7-3-1-4-8-14)17-12-19-11-16(17)15-9-5-2-6-10-15/h1-12,19H,13H2. The Morgan fingerprint density at radius 3 is 2.29 bits per heavy atom. The summed E-state index contributed by atoms with van der Waals surface area (Å²) < 4.78 is 5.38. The monoisotopic (exact) mass is 277 g/mol. The number of hydrogen-bond donors (Lipinski definition) is 1. The molecule has 0 aliphatic rings. The average Bonchev–Trinajstić information content (AvgIpc) is 3.04. The quantitative estimate of drug-likeness (QED) is 0.731. The summed E-state index contributed by atoms with van der Waals surface area (Å²) in [5, 5.41) is 0. The van der Waals surface area contributed by atoms with Gasteiger partial charge in [-0.3, -0.25) is 0 Å². The zero-order valence-corrected chi connectivity index (χ0v) is 11.5. The Hall–Kier alpha value is -2.81. The SMILES string of the molecule is O=C(OCc1ccccc1)c1c[nH]cc1-c1ccccc1. The Balaban J connectivity index is 1.76. The summed E-state index contributed by atoms with van der Waals surface area (Å²) in [4.78, 5) is 15.2. The van der Waals surface area contributed by atoms with Crippen LogP contribution in [0.25, 0.3) is 11.1 Å². The Labute approximate surface area is 123 Å². The Morgan fingerprint density at radius 2 is 1.57 bits per heavy atom. The number of aromatic amines is 1. The van der Waals surface area contributed by atoms with E-state index in [0.717, 1.165) is 16.7 Å². The number of carbonyl (C=O) groups is 1. The molecule has 0 bridgehead atoms. The molecule has 3 aromatic rings. The van der Waals surface area contributed by atoms with Crippen LogP contribution >= 0.6 is 0 Å². The van der Waals surface area contributed by atoms with Crippen LogP contribution in [0.5, 0.6) is 0 Å². The third-order valence-electron chi connectivity index (χ3n) is 3.26. The first-order valence-corrected chi connectivity index (χ1v) is 6.78. The number of hydrogen-bond acceptors (Lipinski definition) is 2. The first-order valence-electron chi connectivity index (χ1n) is 6.78. The molecule has 3 rings (SSSR count). The molecule has 1 heterocycles. The van der Waals surface area contributed by atoms with Gasteiger partial charge in [0, 0.05) is 18.0 Å². The molecule has 3 nitrogen and oxygen atoms in total. The second-order valence-electron chi connectivity index (χ2n) is 4.71. The highest BCUT2D eigenvalue weighted by atomic mass is 16.5. The number of rotatable bonds is 4. The number of ether oxygens (including phenoxy) is 1. The van der Waals surface area contributed by atoms with Gasteiger partial charge in [-0.25, -0.2) is 4.79 Å². The molecule has 0 radical (unpaired) electrons. The maximum absolute atomic E-state index is 12.2. The number of H-pyrrole nitrogens is 1. The molecule has 1 N–H and O–H groups in total. The van der Waals surface area contributed by atoms with Gasteiger partial charge in [0.2, 0.25) is 0 Å². The van der Waals surface area contributed by atoms with Crippen molar-refractivity contribution in [2.45, 2.75) is 6.61 Å². The van der Waals surface area contributed by atoms with Crippen molar-refractivity contribution in [1.29, 1.82) is 0 Å². The van der Waals surface area contributed by atoms with Crippen LogP contribution in [0, 0.1) is 0 Å². The predicted octanol–water partition coefficient (Wildman–Crippen LogP) is 4.04. The van der Waals surface area contributed by atoms with Gasteiger partial charge in [0.1, 0.15) is 6.61 Å². The Morgan fingerprint density at radius 1 is 0.905 bits per heavy atom. The molecule has 2 aromatic carbocycles. The number of benzene rings is 2. The first-order chi connectivity index (χ1) is 10.3. The Kier molecular flexibility index (Phi) is 3.83. The van der Waals surface area contributed by atoms with Crippen molar-refractivity contribution < 1.29 is 9.53 Å². The maximum Gasteiger partial charge on any atom is 0.340 e. The molecule has 0 aliphatic carbocycles. The second-order valence-corrected chi connectivity index (χ2v) is 4.71. The molecular formula is C18H15NO2. The van der Waals surface area contributed by atoms with Crippen LogP contribution in [0.1, 0.15) is 15.9 Å². The molecule has 0 amide bonds. The first kappa shape index (κ1) is 13.2. The topological polar surface area (TPSA) is 42.1 Å². The van der Waals surface area contributed by atoms with Gasteiger partial charge >= 0.3 is 5.97 Å². The molecule has 0 unspecified atom stereocenters. The van der Waals surface area contributed by atoms with Gasteiger partial charge < -0.3 is 9.72 Å². The van der Waals surface area contributed by atoms with Crippen LogP contribution in [0.15, 0.2) is 73.1 Å². The van der Waals surface area contributed by atoms with Crippen LogP contribution in [-0.2, 0) is 11.3 Å². The van der Waals surface area contributed by atoms with Gasteiger partial charge in [0.15, 0.2) is 0 Å². The molecule has 1 aromatic heterocycles. The minimum absolute atomic E-state index is 0.277. The molecule has 0 atom stereocenters. The summed E-state index contributed by atoms with van der Waals surface area (Å²) in [5.74, 6) is -0.320. The van der Waals surface area contributed by atoms with Crippen molar-refractivity contribution >= 4 is 5.97 Å². The molecule has 0 saturated heterocycles. The smallest absolute Gasteiger partial charge is 0.340 e. The largest absolute Gasteiger partial charge is 0.457 e. The van der Waals surface area contributed by atoms with Gasteiger partial charge in [0.05, 0.1) is 5.56 Å². The predicted molar refractivity (Wildman–Crippen MR) is 81.8 cm³/mol. The van der Waals surface area contributed by atoms with Gasteiger partial charge in [-0.05, 0) is 11.1 Å². The van der Waals surface area contributed by atoms with E-state index >= 15 is 0 Å². The molecule has 0 saturated carbocycles. The molecule has 104 valence electrons. The number of nitrogens with one attached hydrogen (secondary N) is 1. The lowest BCUT2D eigenvalue weighted by atomic mass is 10.1. The summed E-state index contributed by atoms with van der Waals surface area (Å²) in [5.41, 5.74) is 3.37. The van der Waals surface area contributed by atoms with Crippen molar-refractivity contribution in [3.63, 3.8) is 0 Å². The molecule has 0 aliphatic heterocycles. The van der Waals surface area contributed by atoms with Crippen LogP contribution in [0.2, 0.25) is 0 Å². The lowest BCUT2D eigenvalue weighted by Gasteiger charge is -2.06. The highest BCUT2D eigenvalue weighted by Crippen LogP contribution is 2.24. The molecule has 0 spiro atoms. The van der Waals surface area contributed by atoms with Crippen molar-refractivity contribution in [2.24, 2.45) is 0 Å². The van der Waals surface area contributed by atoms with Gasteiger partial charge in [-0.15, -0.1) is 0 Å². The fourth-order valence-corrected chi connectivity index (χ4v) is 2.19. The lowest BCUT2D eigenvalue weighted by molar-refractivity contribution is 0.0474. The van der Waals surface area contributed by atoms with Crippen LogP contribution in [0.4, 0.5) is 0 Å². The zero-order chi connectivity index (χ0) is 14.5. The minimum Gasteiger partial charge on any atom is -0.457 e. The summed E-state index contributed by atoms with van der Waals surface area (Å²) >= 11 is 0. The van der Waals surface area contributed by atoms with E-state index in [2.05, 4.69) is 4.98 Å². The second kappa shape index (κ2) is 6.09. The Bertz CT molecular complexity index is 717. The third kappa shape index (κ3) is 3.03. The summed E-state index contributed by atoms with van der Waals surface area (Å²) in [6, 6.07) is 19.4. The van der Waals surface area contributed by atoms with E-state index in [1.807, 2.05) is 66.9 Å². The zero-order valence-electron chi connectivity index (χ0n) is 11.5. The molecular weight excluding hydrogens is 262 g/mol. The van der Waals surface area contributed by atoms with E-state index in [9.17, 15) is 4.79 Å². The van der Waals surface area contributed by atoms with Crippen molar-refractivity contribution in [3.8, 4) is 11.1 Å². The highest BCUT2D eigenvalue weighted by molar-refractivity contribution is 5.97. The van der Waals surface area contributed by atoms with E-state index < -0.39 is 0 Å². The average molecular weight is 277 g/mol. The van der Waals surface area contributed by atoms with Gasteiger partial charge in [0.25, 0.3) is 0 Å². The van der Waals surface area contributed by atoms with E-state index in [-0.39, 0.29) is 12.6 Å². The van der Waals surface area contributed by atoms with E-state index in [1.165, 1.54) is 0 Å². The number of aromatic nitrogens is 1. The normalized spacial score (nSPS) is 10.3. The van der Waals surface area contributed by atoms with Crippen LogP contribution in [0.3, 0.4) is 0 Å². The molecule has 3 heteroatoms. The third-order valence-corrected chi connectivity index (χ3v) is 3.26. The maximum atomic E-state index is 12.2. The minimum atomic E-state index is -0.320. The van der Waals surface area contributed by atoms with Crippen molar-refractivity contribution in [2.75, 3.05) is 0 Å². The van der Waals surface area contributed by atoms with Gasteiger partial charge in [-0.2, -0.15) is 0 Å². The number of carbonyl (C=O) groups excluding carboxylic acids is 1.